The molecule has 6 heteroatoms. The van der Waals surface area contributed by atoms with Gasteiger partial charge in [-0.2, -0.15) is 5.10 Å². The first-order valence-corrected chi connectivity index (χ1v) is 9.36. The number of hydrogen-bond acceptors (Lipinski definition) is 3. The third kappa shape index (κ3) is 3.96. The van der Waals surface area contributed by atoms with Gasteiger partial charge >= 0.3 is 0 Å². The van der Waals surface area contributed by atoms with Gasteiger partial charge in [0, 0.05) is 31.4 Å². The molecule has 2 aromatic carbocycles. The SMILES string of the molecule is Cl.NC[C@@H]1CN(C(=O)C(c2ccccc2)n2cccn2)C[C@H]1c1ccccc1. The molecule has 1 amide bonds. The molecule has 2 heterocycles. The highest BCUT2D eigenvalue weighted by molar-refractivity contribution is 5.85. The van der Waals surface area contributed by atoms with Crippen molar-refractivity contribution in [2.75, 3.05) is 19.6 Å². The lowest BCUT2D eigenvalue weighted by atomic mass is 9.89. The number of aromatic nitrogens is 2. The second-order valence-electron chi connectivity index (χ2n) is 7.06. The lowest BCUT2D eigenvalue weighted by Gasteiger charge is -2.24. The number of amides is 1. The first-order chi connectivity index (χ1) is 13.3. The molecule has 0 spiro atoms. The van der Waals surface area contributed by atoms with Crippen LogP contribution in [0.2, 0.25) is 0 Å². The topological polar surface area (TPSA) is 64.2 Å². The van der Waals surface area contributed by atoms with Crippen molar-refractivity contribution < 1.29 is 4.79 Å². The van der Waals surface area contributed by atoms with E-state index in [1.165, 1.54) is 5.56 Å². The van der Waals surface area contributed by atoms with E-state index in [2.05, 4.69) is 17.2 Å². The highest BCUT2D eigenvalue weighted by Gasteiger charge is 2.38. The lowest BCUT2D eigenvalue weighted by Crippen LogP contribution is -2.37. The van der Waals surface area contributed by atoms with Crippen LogP contribution < -0.4 is 5.73 Å². The second-order valence-corrected chi connectivity index (χ2v) is 7.06. The molecule has 1 aliphatic heterocycles. The predicted octanol–water partition coefficient (Wildman–Crippen LogP) is 3.10. The summed E-state index contributed by atoms with van der Waals surface area (Å²) in [5.41, 5.74) is 8.24. The average Bonchev–Trinajstić information content (AvgIpc) is 3.40. The summed E-state index contributed by atoms with van der Waals surface area (Å²) in [5, 5.41) is 4.35. The summed E-state index contributed by atoms with van der Waals surface area (Å²) in [6.07, 6.45) is 3.56. The van der Waals surface area contributed by atoms with Gasteiger partial charge in [0.15, 0.2) is 6.04 Å². The molecule has 3 atom stereocenters. The molecular formula is C22H25ClN4O. The van der Waals surface area contributed by atoms with Crippen molar-refractivity contribution in [1.82, 2.24) is 14.7 Å². The molecule has 0 bridgehead atoms. The van der Waals surface area contributed by atoms with Crippen molar-refractivity contribution in [1.29, 1.82) is 0 Å². The molecule has 4 rings (SSSR count). The zero-order valence-corrected chi connectivity index (χ0v) is 16.4. The van der Waals surface area contributed by atoms with Crippen LogP contribution in [0.15, 0.2) is 79.1 Å². The maximum Gasteiger partial charge on any atom is 0.252 e. The molecule has 3 aromatic rings. The second kappa shape index (κ2) is 9.04. The van der Waals surface area contributed by atoms with Crippen LogP contribution in [-0.2, 0) is 4.79 Å². The van der Waals surface area contributed by atoms with Crippen LogP contribution in [0.5, 0.6) is 0 Å². The molecule has 0 saturated carbocycles. The number of carbonyl (C=O) groups is 1. The van der Waals surface area contributed by atoms with Crippen LogP contribution in [0.3, 0.4) is 0 Å². The Hall–Kier alpha value is -2.63. The first kappa shape index (κ1) is 20.1. The fourth-order valence-electron chi connectivity index (χ4n) is 4.02. The van der Waals surface area contributed by atoms with Crippen LogP contribution >= 0.6 is 12.4 Å². The molecule has 1 aliphatic rings. The smallest absolute Gasteiger partial charge is 0.252 e. The molecule has 1 aromatic heterocycles. The Morgan fingerprint density at radius 3 is 2.32 bits per heavy atom. The molecule has 1 fully saturated rings. The van der Waals surface area contributed by atoms with E-state index in [0.29, 0.717) is 19.6 Å². The van der Waals surface area contributed by atoms with Gasteiger partial charge in [0.05, 0.1) is 0 Å². The number of rotatable bonds is 5. The van der Waals surface area contributed by atoms with Gasteiger partial charge in [-0.15, -0.1) is 12.4 Å². The predicted molar refractivity (Wildman–Crippen MR) is 112 cm³/mol. The quantitative estimate of drug-likeness (QED) is 0.720. The van der Waals surface area contributed by atoms with Gasteiger partial charge in [-0.3, -0.25) is 9.48 Å². The Kier molecular flexibility index (Phi) is 6.49. The summed E-state index contributed by atoms with van der Waals surface area (Å²) in [6, 6.07) is 21.6. The minimum absolute atomic E-state index is 0. The minimum Gasteiger partial charge on any atom is -0.340 e. The van der Waals surface area contributed by atoms with E-state index in [0.717, 1.165) is 5.56 Å². The molecule has 1 unspecified atom stereocenters. The Morgan fingerprint density at radius 2 is 1.71 bits per heavy atom. The van der Waals surface area contributed by atoms with E-state index < -0.39 is 6.04 Å². The van der Waals surface area contributed by atoms with E-state index in [9.17, 15) is 4.79 Å². The Labute approximate surface area is 171 Å². The summed E-state index contributed by atoms with van der Waals surface area (Å²) >= 11 is 0. The number of likely N-dealkylation sites (tertiary alicyclic amines) is 1. The van der Waals surface area contributed by atoms with Crippen molar-refractivity contribution >= 4 is 18.3 Å². The lowest BCUT2D eigenvalue weighted by molar-refractivity contribution is -0.132. The average molecular weight is 397 g/mol. The molecule has 0 aliphatic carbocycles. The van der Waals surface area contributed by atoms with Gasteiger partial charge < -0.3 is 10.6 Å². The Bertz CT molecular complexity index is 870. The van der Waals surface area contributed by atoms with Crippen molar-refractivity contribution in [3.8, 4) is 0 Å². The summed E-state index contributed by atoms with van der Waals surface area (Å²) in [7, 11) is 0. The fourth-order valence-corrected chi connectivity index (χ4v) is 4.02. The van der Waals surface area contributed by atoms with Gasteiger partial charge in [0.1, 0.15) is 0 Å². The molecule has 5 nitrogen and oxygen atoms in total. The fraction of sp³-hybridized carbons (Fsp3) is 0.273. The number of benzene rings is 2. The summed E-state index contributed by atoms with van der Waals surface area (Å²) < 4.78 is 1.74. The van der Waals surface area contributed by atoms with Gasteiger partial charge in [-0.05, 0) is 29.7 Å². The van der Waals surface area contributed by atoms with Gasteiger partial charge in [0.25, 0.3) is 5.91 Å². The maximum atomic E-state index is 13.5. The van der Waals surface area contributed by atoms with Crippen molar-refractivity contribution in [3.05, 3.63) is 90.3 Å². The van der Waals surface area contributed by atoms with Gasteiger partial charge in [-0.1, -0.05) is 60.7 Å². The van der Waals surface area contributed by atoms with Crippen LogP contribution in [0.25, 0.3) is 0 Å². The minimum atomic E-state index is -0.450. The molecule has 146 valence electrons. The Balaban J connectivity index is 0.00000225. The van der Waals surface area contributed by atoms with E-state index in [1.54, 1.807) is 10.9 Å². The highest BCUT2D eigenvalue weighted by atomic mass is 35.5. The zero-order chi connectivity index (χ0) is 18.6. The zero-order valence-electron chi connectivity index (χ0n) is 15.6. The van der Waals surface area contributed by atoms with Gasteiger partial charge in [0.2, 0.25) is 0 Å². The van der Waals surface area contributed by atoms with E-state index >= 15 is 0 Å². The number of nitrogens with zero attached hydrogens (tertiary/aromatic N) is 3. The van der Waals surface area contributed by atoms with Crippen LogP contribution in [0, 0.1) is 5.92 Å². The molecule has 2 N–H and O–H groups in total. The maximum absolute atomic E-state index is 13.5. The summed E-state index contributed by atoms with van der Waals surface area (Å²) in [6.45, 7) is 1.94. The Morgan fingerprint density at radius 1 is 1.04 bits per heavy atom. The van der Waals surface area contributed by atoms with E-state index in [1.807, 2.05) is 65.7 Å². The molecule has 28 heavy (non-hydrogen) atoms. The third-order valence-corrected chi connectivity index (χ3v) is 5.42. The molecular weight excluding hydrogens is 372 g/mol. The number of hydrogen-bond donors (Lipinski definition) is 1. The van der Waals surface area contributed by atoms with Crippen LogP contribution in [0.4, 0.5) is 0 Å². The van der Waals surface area contributed by atoms with Crippen LogP contribution in [0.1, 0.15) is 23.1 Å². The molecule has 1 saturated heterocycles. The molecule has 0 radical (unpaired) electrons. The monoisotopic (exact) mass is 396 g/mol. The summed E-state index contributed by atoms with van der Waals surface area (Å²) in [5.74, 6) is 0.612. The highest BCUT2D eigenvalue weighted by Crippen LogP contribution is 2.34. The number of halogens is 1. The number of nitrogens with two attached hydrogens (primary N) is 1. The largest absolute Gasteiger partial charge is 0.340 e. The number of carbonyl (C=O) groups excluding carboxylic acids is 1. The van der Waals surface area contributed by atoms with Crippen molar-refractivity contribution in [2.45, 2.75) is 12.0 Å². The standard InChI is InChI=1S/C22H24N4O.ClH/c23-14-19-15-25(16-20(19)17-8-3-1-4-9-17)22(27)21(26-13-7-12-24-26)18-10-5-2-6-11-18;/h1-13,19-21H,14-16,23H2;1H/t19-,20+,21?;/m1./s1. The first-order valence-electron chi connectivity index (χ1n) is 9.36. The van der Waals surface area contributed by atoms with E-state index in [4.69, 9.17) is 5.73 Å². The van der Waals surface area contributed by atoms with Gasteiger partial charge in [-0.25, -0.2) is 0 Å². The van der Waals surface area contributed by atoms with Crippen molar-refractivity contribution in [3.63, 3.8) is 0 Å². The third-order valence-electron chi connectivity index (χ3n) is 5.42. The van der Waals surface area contributed by atoms with Crippen molar-refractivity contribution in [2.24, 2.45) is 11.7 Å². The van der Waals surface area contributed by atoms with E-state index in [-0.39, 0.29) is 30.2 Å². The normalized spacial score (nSPS) is 19.8. The van der Waals surface area contributed by atoms with Crippen LogP contribution in [-0.4, -0.2) is 40.2 Å². The summed E-state index contributed by atoms with van der Waals surface area (Å²) in [4.78, 5) is 15.5.